The molecule has 1 heterocycles. The second kappa shape index (κ2) is 12.6. The first-order valence-electron chi connectivity index (χ1n) is 13.4. The van der Waals surface area contributed by atoms with Crippen molar-refractivity contribution in [1.82, 2.24) is 9.29 Å². The number of aromatic nitrogens is 1. The molecule has 5 rings (SSSR count). The third-order valence-corrected chi connectivity index (χ3v) is 9.59. The highest BCUT2D eigenvalue weighted by molar-refractivity contribution is 7.89. The van der Waals surface area contributed by atoms with Gasteiger partial charge in [-0.25, -0.2) is 13.4 Å². The molecule has 41 heavy (non-hydrogen) atoms. The second-order valence-corrected chi connectivity index (χ2v) is 12.3. The molecule has 9 heteroatoms. The lowest BCUT2D eigenvalue weighted by Crippen LogP contribution is -2.31. The van der Waals surface area contributed by atoms with E-state index in [0.717, 1.165) is 27.1 Å². The minimum absolute atomic E-state index is 0.143. The Balaban J connectivity index is 1.44. The van der Waals surface area contributed by atoms with E-state index in [2.05, 4.69) is 0 Å². The number of nitrogens with zero attached hydrogens (tertiary/aromatic N) is 3. The number of benzene rings is 4. The highest BCUT2D eigenvalue weighted by Crippen LogP contribution is 2.33. The molecular weight excluding hydrogens is 555 g/mol. The number of thiazole rings is 1. The van der Waals surface area contributed by atoms with Gasteiger partial charge in [0.05, 0.1) is 28.3 Å². The lowest BCUT2D eigenvalue weighted by molar-refractivity contribution is 0.0985. The van der Waals surface area contributed by atoms with Crippen LogP contribution in [0.15, 0.2) is 108 Å². The number of carbonyl (C=O) groups excluding carboxylic acids is 1. The zero-order valence-corrected chi connectivity index (χ0v) is 24.6. The Kier molecular flexibility index (Phi) is 8.78. The van der Waals surface area contributed by atoms with E-state index >= 15 is 0 Å². The Morgan fingerprint density at radius 1 is 0.829 bits per heavy atom. The summed E-state index contributed by atoms with van der Waals surface area (Å²) in [7, 11) is -3.75. The first-order chi connectivity index (χ1) is 19.9. The Labute approximate surface area is 244 Å². The number of ether oxygens (including phenoxy) is 1. The van der Waals surface area contributed by atoms with Crippen molar-refractivity contribution in [2.24, 2.45) is 0 Å². The maximum atomic E-state index is 13.9. The van der Waals surface area contributed by atoms with Gasteiger partial charge in [-0.3, -0.25) is 9.69 Å². The van der Waals surface area contributed by atoms with E-state index in [0.29, 0.717) is 30.4 Å². The molecule has 0 spiro atoms. The summed E-state index contributed by atoms with van der Waals surface area (Å²) < 4.78 is 34.8. The van der Waals surface area contributed by atoms with Crippen LogP contribution in [0, 0.1) is 0 Å². The summed E-state index contributed by atoms with van der Waals surface area (Å²) in [5, 5.41) is 0.555. The van der Waals surface area contributed by atoms with Crippen molar-refractivity contribution in [2.45, 2.75) is 31.8 Å². The highest BCUT2D eigenvalue weighted by Gasteiger charge is 2.26. The molecule has 0 atom stereocenters. The van der Waals surface area contributed by atoms with Crippen LogP contribution in [0.2, 0.25) is 0 Å². The maximum Gasteiger partial charge on any atom is 0.260 e. The first-order valence-corrected chi connectivity index (χ1v) is 15.7. The number of hydrogen-bond donors (Lipinski definition) is 0. The summed E-state index contributed by atoms with van der Waals surface area (Å²) in [6.45, 7) is 5.22. The molecule has 0 fully saturated rings. The number of carbonyl (C=O) groups is 1. The average Bonchev–Trinajstić information content (AvgIpc) is 3.43. The lowest BCUT2D eigenvalue weighted by atomic mass is 10.1. The standard InChI is InChI=1S/C32H31N3O4S2/c1-3-34(22-24-11-7-5-8-12-24)41(37,38)28-18-15-26(16-19-28)31(36)35(23-25-13-9-6-10-14-25)32-33-29-20-17-27(39-4-2)21-30(29)40-32/h5-21H,3-4,22-23H2,1-2H3. The molecule has 0 saturated heterocycles. The van der Waals surface area contributed by atoms with Crippen LogP contribution in [-0.2, 0) is 23.1 Å². The van der Waals surface area contributed by atoms with Gasteiger partial charge in [0.2, 0.25) is 10.0 Å². The monoisotopic (exact) mass is 585 g/mol. The zero-order valence-electron chi connectivity index (χ0n) is 22.9. The molecule has 0 saturated carbocycles. The van der Waals surface area contributed by atoms with Gasteiger partial charge in [-0.05, 0) is 60.5 Å². The SMILES string of the molecule is CCOc1ccc2nc(N(Cc3ccccc3)C(=O)c3ccc(S(=O)(=O)N(CC)Cc4ccccc4)cc3)sc2c1. The summed E-state index contributed by atoms with van der Waals surface area (Å²) in [6.07, 6.45) is 0. The predicted molar refractivity (Wildman–Crippen MR) is 164 cm³/mol. The number of fused-ring (bicyclic) bond motifs is 1. The molecule has 5 aromatic rings. The van der Waals surface area contributed by atoms with Gasteiger partial charge < -0.3 is 4.74 Å². The second-order valence-electron chi connectivity index (χ2n) is 9.38. The van der Waals surface area contributed by atoms with Gasteiger partial charge in [0.15, 0.2) is 5.13 Å². The molecular formula is C32H31N3O4S2. The van der Waals surface area contributed by atoms with Crippen LogP contribution in [-0.4, -0.2) is 36.8 Å². The van der Waals surface area contributed by atoms with Crippen molar-refractivity contribution in [3.63, 3.8) is 0 Å². The third kappa shape index (κ3) is 6.48. The van der Waals surface area contributed by atoms with Crippen LogP contribution in [0.5, 0.6) is 5.75 Å². The quantitative estimate of drug-likeness (QED) is 0.171. The topological polar surface area (TPSA) is 79.8 Å². The zero-order chi connectivity index (χ0) is 28.8. The van der Waals surface area contributed by atoms with Crippen LogP contribution in [0.3, 0.4) is 0 Å². The van der Waals surface area contributed by atoms with Crippen molar-refractivity contribution >= 4 is 42.6 Å². The minimum atomic E-state index is -3.75. The van der Waals surface area contributed by atoms with Gasteiger partial charge >= 0.3 is 0 Å². The Hall–Kier alpha value is -4.05. The van der Waals surface area contributed by atoms with E-state index < -0.39 is 10.0 Å². The van der Waals surface area contributed by atoms with E-state index in [1.54, 1.807) is 17.0 Å². The Bertz CT molecular complexity index is 1720. The molecule has 0 bridgehead atoms. The van der Waals surface area contributed by atoms with Gasteiger partial charge in [-0.15, -0.1) is 0 Å². The molecule has 4 aromatic carbocycles. The van der Waals surface area contributed by atoms with Crippen molar-refractivity contribution < 1.29 is 17.9 Å². The van der Waals surface area contributed by atoms with E-state index in [1.807, 2.05) is 92.7 Å². The molecule has 210 valence electrons. The number of amides is 1. The van der Waals surface area contributed by atoms with Crippen molar-refractivity contribution in [3.05, 3.63) is 120 Å². The van der Waals surface area contributed by atoms with Crippen LogP contribution >= 0.6 is 11.3 Å². The highest BCUT2D eigenvalue weighted by atomic mass is 32.2. The Morgan fingerprint density at radius 2 is 1.46 bits per heavy atom. The minimum Gasteiger partial charge on any atom is -0.494 e. The van der Waals surface area contributed by atoms with Crippen LogP contribution in [0.4, 0.5) is 5.13 Å². The molecule has 1 amide bonds. The summed E-state index contributed by atoms with van der Waals surface area (Å²) in [5.74, 6) is 0.486. The molecule has 0 N–H and O–H groups in total. The number of rotatable bonds is 11. The van der Waals surface area contributed by atoms with Crippen molar-refractivity contribution in [2.75, 3.05) is 18.1 Å². The maximum absolute atomic E-state index is 13.9. The fraction of sp³-hybridized carbons (Fsp3) is 0.188. The summed E-state index contributed by atoms with van der Waals surface area (Å²) in [5.41, 5.74) is 3.01. The summed E-state index contributed by atoms with van der Waals surface area (Å²) >= 11 is 1.41. The predicted octanol–water partition coefficient (Wildman–Crippen LogP) is 6.75. The molecule has 0 aliphatic heterocycles. The number of hydrogen-bond acceptors (Lipinski definition) is 6. The van der Waals surface area contributed by atoms with Gasteiger partial charge in [0.25, 0.3) is 5.91 Å². The molecule has 0 aliphatic rings. The fourth-order valence-corrected chi connectivity index (χ4v) is 6.91. The smallest absolute Gasteiger partial charge is 0.260 e. The van der Waals surface area contributed by atoms with E-state index in [1.165, 1.54) is 27.8 Å². The van der Waals surface area contributed by atoms with E-state index in [9.17, 15) is 13.2 Å². The van der Waals surface area contributed by atoms with E-state index in [-0.39, 0.29) is 17.3 Å². The first kappa shape index (κ1) is 28.5. The number of anilines is 1. The van der Waals surface area contributed by atoms with E-state index in [4.69, 9.17) is 9.72 Å². The van der Waals surface area contributed by atoms with Crippen LogP contribution in [0.25, 0.3) is 10.2 Å². The molecule has 0 aliphatic carbocycles. The van der Waals surface area contributed by atoms with Crippen LogP contribution < -0.4 is 9.64 Å². The Morgan fingerprint density at radius 3 is 2.07 bits per heavy atom. The lowest BCUT2D eigenvalue weighted by Gasteiger charge is -2.22. The number of sulfonamides is 1. The molecule has 7 nitrogen and oxygen atoms in total. The summed E-state index contributed by atoms with van der Waals surface area (Å²) in [6, 6.07) is 31.0. The van der Waals surface area contributed by atoms with Crippen molar-refractivity contribution in [1.29, 1.82) is 0 Å². The normalized spacial score (nSPS) is 11.6. The third-order valence-electron chi connectivity index (χ3n) is 6.61. The van der Waals surface area contributed by atoms with Gasteiger partial charge in [-0.2, -0.15) is 4.31 Å². The van der Waals surface area contributed by atoms with Gasteiger partial charge in [0, 0.05) is 18.7 Å². The summed E-state index contributed by atoms with van der Waals surface area (Å²) in [4.78, 5) is 20.4. The molecule has 1 aromatic heterocycles. The molecule has 0 unspecified atom stereocenters. The van der Waals surface area contributed by atoms with Crippen LogP contribution in [0.1, 0.15) is 35.3 Å². The largest absolute Gasteiger partial charge is 0.494 e. The average molecular weight is 586 g/mol. The van der Waals surface area contributed by atoms with Gasteiger partial charge in [0.1, 0.15) is 5.75 Å². The van der Waals surface area contributed by atoms with Gasteiger partial charge in [-0.1, -0.05) is 78.9 Å². The fourth-order valence-electron chi connectivity index (χ4n) is 4.49. The molecule has 0 radical (unpaired) electrons. The van der Waals surface area contributed by atoms with Crippen molar-refractivity contribution in [3.8, 4) is 5.75 Å².